The van der Waals surface area contributed by atoms with E-state index in [1.54, 1.807) is 21.1 Å². The van der Waals surface area contributed by atoms with Crippen LogP contribution in [0, 0.1) is 11.8 Å². The van der Waals surface area contributed by atoms with Crippen molar-refractivity contribution in [3.63, 3.8) is 0 Å². The average Bonchev–Trinajstić information content (AvgIpc) is 2.75. The van der Waals surface area contributed by atoms with Gasteiger partial charge in [0.1, 0.15) is 0 Å². The molecular formula is C12H23N3O2. The lowest BCUT2D eigenvalue weighted by atomic mass is 9.95. The Hall–Kier alpha value is -1.10. The summed E-state index contributed by atoms with van der Waals surface area (Å²) in [5, 5.41) is 0. The van der Waals surface area contributed by atoms with E-state index in [1.807, 2.05) is 0 Å². The fourth-order valence-electron chi connectivity index (χ4n) is 2.35. The maximum Gasteiger partial charge on any atom is 0.241 e. The Balaban J connectivity index is 2.54. The molecule has 1 aliphatic carbocycles. The molecule has 0 aromatic rings. The molecule has 0 radical (unpaired) electrons. The summed E-state index contributed by atoms with van der Waals surface area (Å²) in [5.41, 5.74) is 5.67. The van der Waals surface area contributed by atoms with Crippen LogP contribution in [-0.4, -0.2) is 55.8 Å². The number of amides is 2. The fourth-order valence-corrected chi connectivity index (χ4v) is 2.35. The largest absolute Gasteiger partial charge is 0.347 e. The van der Waals surface area contributed by atoms with Gasteiger partial charge in [0, 0.05) is 27.1 Å². The van der Waals surface area contributed by atoms with Crippen LogP contribution in [-0.2, 0) is 9.59 Å². The predicted octanol–water partition coefficient (Wildman–Crippen LogP) is -0.0920. The van der Waals surface area contributed by atoms with E-state index in [1.165, 1.54) is 9.80 Å². The molecule has 98 valence electrons. The second kappa shape index (κ2) is 6.00. The summed E-state index contributed by atoms with van der Waals surface area (Å²) in [6.07, 6.45) is 3.00. The highest BCUT2D eigenvalue weighted by atomic mass is 16.2. The van der Waals surface area contributed by atoms with Gasteiger partial charge in [-0.25, -0.2) is 0 Å². The van der Waals surface area contributed by atoms with Crippen LogP contribution < -0.4 is 5.73 Å². The van der Waals surface area contributed by atoms with Gasteiger partial charge in [-0.2, -0.15) is 0 Å². The SMILES string of the molecule is CN(C)C(=O)CN(C)C(=O)[C@@H]1CCC[C@@H]1CN. The molecule has 17 heavy (non-hydrogen) atoms. The van der Waals surface area contributed by atoms with Crippen LogP contribution in [0.25, 0.3) is 0 Å². The zero-order valence-corrected chi connectivity index (χ0v) is 11.0. The number of hydrogen-bond donors (Lipinski definition) is 1. The molecule has 2 amide bonds. The van der Waals surface area contributed by atoms with E-state index in [9.17, 15) is 9.59 Å². The van der Waals surface area contributed by atoms with Gasteiger partial charge in [0.25, 0.3) is 0 Å². The standard InChI is InChI=1S/C12H23N3O2/c1-14(2)11(16)8-15(3)12(17)10-6-4-5-9(10)7-13/h9-10H,4-8,13H2,1-3H3/t9-,10-/m1/s1. The molecule has 0 heterocycles. The number of likely N-dealkylation sites (N-methyl/N-ethyl adjacent to an activating group) is 2. The molecule has 0 unspecified atom stereocenters. The molecule has 0 bridgehead atoms. The maximum atomic E-state index is 12.2. The van der Waals surface area contributed by atoms with Crippen LogP contribution in [0.15, 0.2) is 0 Å². The highest BCUT2D eigenvalue weighted by molar-refractivity contribution is 5.85. The number of carbonyl (C=O) groups is 2. The minimum absolute atomic E-state index is 0.0139. The lowest BCUT2D eigenvalue weighted by Gasteiger charge is -2.25. The van der Waals surface area contributed by atoms with Crippen molar-refractivity contribution in [3.8, 4) is 0 Å². The Morgan fingerprint density at radius 1 is 1.24 bits per heavy atom. The van der Waals surface area contributed by atoms with Crippen molar-refractivity contribution < 1.29 is 9.59 Å². The zero-order chi connectivity index (χ0) is 13.0. The van der Waals surface area contributed by atoms with Crippen molar-refractivity contribution in [3.05, 3.63) is 0 Å². The zero-order valence-electron chi connectivity index (χ0n) is 11.0. The molecule has 1 aliphatic rings. The molecule has 1 fully saturated rings. The molecular weight excluding hydrogens is 218 g/mol. The maximum absolute atomic E-state index is 12.2. The molecule has 1 saturated carbocycles. The second-order valence-corrected chi connectivity index (χ2v) is 5.02. The Kier molecular flexibility index (Phi) is 4.93. The monoisotopic (exact) mass is 241 g/mol. The van der Waals surface area contributed by atoms with Crippen molar-refractivity contribution in [1.29, 1.82) is 0 Å². The summed E-state index contributed by atoms with van der Waals surface area (Å²) in [5.74, 6) is 0.315. The van der Waals surface area contributed by atoms with E-state index in [-0.39, 0.29) is 24.3 Å². The highest BCUT2D eigenvalue weighted by Gasteiger charge is 2.34. The second-order valence-electron chi connectivity index (χ2n) is 5.02. The molecule has 0 aromatic carbocycles. The van der Waals surface area contributed by atoms with Gasteiger partial charge >= 0.3 is 0 Å². The highest BCUT2D eigenvalue weighted by Crippen LogP contribution is 2.32. The number of hydrogen-bond acceptors (Lipinski definition) is 3. The summed E-state index contributed by atoms with van der Waals surface area (Å²) in [7, 11) is 5.08. The minimum atomic E-state index is -0.0526. The van der Waals surface area contributed by atoms with Gasteiger partial charge in [0.2, 0.25) is 11.8 Å². The van der Waals surface area contributed by atoms with Crippen molar-refractivity contribution >= 4 is 11.8 Å². The van der Waals surface area contributed by atoms with Gasteiger partial charge in [-0.3, -0.25) is 9.59 Å². The van der Waals surface area contributed by atoms with E-state index in [2.05, 4.69) is 0 Å². The number of nitrogens with zero attached hydrogens (tertiary/aromatic N) is 2. The van der Waals surface area contributed by atoms with E-state index in [0.717, 1.165) is 19.3 Å². The molecule has 1 rings (SSSR count). The minimum Gasteiger partial charge on any atom is -0.347 e. The first-order valence-corrected chi connectivity index (χ1v) is 6.12. The van der Waals surface area contributed by atoms with Crippen molar-refractivity contribution in [2.75, 3.05) is 34.2 Å². The molecule has 2 N–H and O–H groups in total. The predicted molar refractivity (Wildman–Crippen MR) is 66.2 cm³/mol. The molecule has 0 aliphatic heterocycles. The fraction of sp³-hybridized carbons (Fsp3) is 0.833. The van der Waals surface area contributed by atoms with Gasteiger partial charge < -0.3 is 15.5 Å². The van der Waals surface area contributed by atoms with Crippen LogP contribution in [0.3, 0.4) is 0 Å². The van der Waals surface area contributed by atoms with Crippen molar-refractivity contribution in [2.45, 2.75) is 19.3 Å². The number of nitrogens with two attached hydrogens (primary N) is 1. The van der Waals surface area contributed by atoms with Crippen LogP contribution in [0.2, 0.25) is 0 Å². The van der Waals surface area contributed by atoms with Crippen LogP contribution in [0.5, 0.6) is 0 Å². The Morgan fingerprint density at radius 2 is 1.88 bits per heavy atom. The molecule has 5 nitrogen and oxygen atoms in total. The molecule has 5 heteroatoms. The van der Waals surface area contributed by atoms with E-state index >= 15 is 0 Å². The average molecular weight is 241 g/mol. The third kappa shape index (κ3) is 3.43. The quantitative estimate of drug-likeness (QED) is 0.748. The van der Waals surface area contributed by atoms with Gasteiger partial charge in [-0.05, 0) is 25.3 Å². The molecule has 2 atom stereocenters. The van der Waals surface area contributed by atoms with Crippen LogP contribution in [0.1, 0.15) is 19.3 Å². The normalized spacial score (nSPS) is 23.5. The first kappa shape index (κ1) is 14.0. The van der Waals surface area contributed by atoms with Gasteiger partial charge in [0.05, 0.1) is 6.54 Å². The summed E-state index contributed by atoms with van der Waals surface area (Å²) in [4.78, 5) is 26.7. The van der Waals surface area contributed by atoms with Gasteiger partial charge in [-0.15, -0.1) is 0 Å². The van der Waals surface area contributed by atoms with Crippen molar-refractivity contribution in [1.82, 2.24) is 9.80 Å². The lowest BCUT2D eigenvalue weighted by Crippen LogP contribution is -2.42. The molecule has 0 saturated heterocycles. The summed E-state index contributed by atoms with van der Waals surface area (Å²) in [6.45, 7) is 0.714. The molecule has 0 spiro atoms. The number of rotatable bonds is 4. The summed E-state index contributed by atoms with van der Waals surface area (Å²) >= 11 is 0. The Morgan fingerprint density at radius 3 is 2.41 bits per heavy atom. The first-order valence-electron chi connectivity index (χ1n) is 6.12. The van der Waals surface area contributed by atoms with E-state index < -0.39 is 0 Å². The first-order chi connectivity index (χ1) is 7.97. The van der Waals surface area contributed by atoms with Gasteiger partial charge in [0.15, 0.2) is 0 Å². The molecule has 0 aromatic heterocycles. The smallest absolute Gasteiger partial charge is 0.241 e. The van der Waals surface area contributed by atoms with Crippen LogP contribution in [0.4, 0.5) is 0 Å². The number of carbonyl (C=O) groups excluding carboxylic acids is 2. The van der Waals surface area contributed by atoms with Crippen LogP contribution >= 0.6 is 0 Å². The Labute approximate surface area is 103 Å². The van der Waals surface area contributed by atoms with Crippen molar-refractivity contribution in [2.24, 2.45) is 17.6 Å². The lowest BCUT2D eigenvalue weighted by molar-refractivity contribution is -0.141. The topological polar surface area (TPSA) is 66.6 Å². The third-order valence-electron chi connectivity index (χ3n) is 3.53. The van der Waals surface area contributed by atoms with E-state index in [0.29, 0.717) is 12.5 Å². The summed E-state index contributed by atoms with van der Waals surface area (Å²) in [6, 6.07) is 0. The Bertz CT molecular complexity index is 291. The van der Waals surface area contributed by atoms with E-state index in [4.69, 9.17) is 5.73 Å². The third-order valence-corrected chi connectivity index (χ3v) is 3.53. The summed E-state index contributed by atoms with van der Waals surface area (Å²) < 4.78 is 0. The van der Waals surface area contributed by atoms with Gasteiger partial charge in [-0.1, -0.05) is 6.42 Å².